The van der Waals surface area contributed by atoms with Crippen LogP contribution in [0.1, 0.15) is 34.1 Å². The number of ether oxygens (including phenoxy) is 1. The van der Waals surface area contributed by atoms with E-state index in [0.717, 1.165) is 30.5 Å². The summed E-state index contributed by atoms with van der Waals surface area (Å²) >= 11 is 1.84. The van der Waals surface area contributed by atoms with Crippen molar-refractivity contribution < 1.29 is 4.74 Å². The zero-order valence-electron chi connectivity index (χ0n) is 11.7. The van der Waals surface area contributed by atoms with Crippen LogP contribution in [0, 0.1) is 11.3 Å². The van der Waals surface area contributed by atoms with Gasteiger partial charge in [-0.3, -0.25) is 4.99 Å². The molecule has 100 valence electrons. The van der Waals surface area contributed by atoms with Gasteiger partial charge in [0.15, 0.2) is 5.17 Å². The van der Waals surface area contributed by atoms with Crippen LogP contribution in [-0.2, 0) is 4.74 Å². The second kappa shape index (κ2) is 6.64. The molecule has 0 aliphatic carbocycles. The van der Waals surface area contributed by atoms with Gasteiger partial charge in [-0.05, 0) is 17.8 Å². The Morgan fingerprint density at radius 2 is 2.24 bits per heavy atom. The number of nitrogens with one attached hydrogen (secondary N) is 1. The minimum atomic E-state index is 0.278. The van der Waals surface area contributed by atoms with Crippen molar-refractivity contribution in [1.82, 2.24) is 5.32 Å². The molecule has 1 N–H and O–H groups in total. The maximum Gasteiger partial charge on any atom is 0.156 e. The minimum Gasteiger partial charge on any atom is -0.385 e. The van der Waals surface area contributed by atoms with E-state index < -0.39 is 0 Å². The summed E-state index contributed by atoms with van der Waals surface area (Å²) in [6.07, 6.45) is 1.07. The first kappa shape index (κ1) is 14.8. The Labute approximate surface area is 110 Å². The van der Waals surface area contributed by atoms with Crippen molar-refractivity contribution in [2.24, 2.45) is 16.3 Å². The molecule has 1 fully saturated rings. The number of hydrogen-bond acceptors (Lipinski definition) is 3. The predicted molar refractivity (Wildman–Crippen MR) is 76.8 cm³/mol. The Hall–Kier alpha value is -0.220. The van der Waals surface area contributed by atoms with Gasteiger partial charge in [0.1, 0.15) is 0 Å². The van der Waals surface area contributed by atoms with Crippen molar-refractivity contribution in [3.05, 3.63) is 0 Å². The third-order valence-corrected chi connectivity index (χ3v) is 4.70. The van der Waals surface area contributed by atoms with Gasteiger partial charge in [-0.1, -0.05) is 39.5 Å². The summed E-state index contributed by atoms with van der Waals surface area (Å²) in [5, 5.41) is 4.58. The Morgan fingerprint density at radius 3 is 2.82 bits per heavy atom. The number of amidine groups is 1. The molecule has 1 aliphatic rings. The largest absolute Gasteiger partial charge is 0.385 e. The number of methoxy groups -OCH3 is 1. The predicted octanol–water partition coefficient (Wildman–Crippen LogP) is 2.77. The minimum absolute atomic E-state index is 0.278. The topological polar surface area (TPSA) is 33.6 Å². The fourth-order valence-corrected chi connectivity index (χ4v) is 2.42. The van der Waals surface area contributed by atoms with Gasteiger partial charge in [-0.25, -0.2) is 0 Å². The van der Waals surface area contributed by atoms with Crippen molar-refractivity contribution in [2.75, 3.05) is 26.0 Å². The van der Waals surface area contributed by atoms with Crippen molar-refractivity contribution in [1.29, 1.82) is 0 Å². The SMILES string of the molecule is COCCC1CSC(=NCC(C)(C)C(C)C)N1. The fraction of sp³-hybridized carbons (Fsp3) is 0.923. The molecule has 0 bridgehead atoms. The van der Waals surface area contributed by atoms with E-state index in [4.69, 9.17) is 9.73 Å². The second-order valence-electron chi connectivity index (χ2n) is 5.70. The van der Waals surface area contributed by atoms with E-state index in [-0.39, 0.29) is 5.41 Å². The summed E-state index contributed by atoms with van der Waals surface area (Å²) in [4.78, 5) is 4.70. The van der Waals surface area contributed by atoms with E-state index in [1.54, 1.807) is 7.11 Å². The van der Waals surface area contributed by atoms with E-state index in [1.165, 1.54) is 0 Å². The van der Waals surface area contributed by atoms with Crippen molar-refractivity contribution in [3.63, 3.8) is 0 Å². The van der Waals surface area contributed by atoms with E-state index in [9.17, 15) is 0 Å². The Morgan fingerprint density at radius 1 is 1.53 bits per heavy atom. The van der Waals surface area contributed by atoms with Crippen LogP contribution in [-0.4, -0.2) is 37.2 Å². The maximum atomic E-state index is 5.10. The van der Waals surface area contributed by atoms with Crippen LogP contribution in [0.3, 0.4) is 0 Å². The summed E-state index contributed by atoms with van der Waals surface area (Å²) in [5.74, 6) is 1.77. The lowest BCUT2D eigenvalue weighted by atomic mass is 9.81. The first-order valence-corrected chi connectivity index (χ1v) is 7.37. The Kier molecular flexibility index (Phi) is 5.80. The zero-order chi connectivity index (χ0) is 12.9. The lowest BCUT2D eigenvalue weighted by Gasteiger charge is -2.27. The highest BCUT2D eigenvalue weighted by Gasteiger charge is 2.24. The molecule has 1 heterocycles. The molecule has 3 nitrogen and oxygen atoms in total. The highest BCUT2D eigenvalue weighted by atomic mass is 32.2. The fourth-order valence-electron chi connectivity index (χ4n) is 1.40. The maximum absolute atomic E-state index is 5.10. The summed E-state index contributed by atoms with van der Waals surface area (Å²) in [5.41, 5.74) is 0.278. The lowest BCUT2D eigenvalue weighted by Crippen LogP contribution is -2.29. The van der Waals surface area contributed by atoms with Gasteiger partial charge in [-0.15, -0.1) is 0 Å². The van der Waals surface area contributed by atoms with E-state index in [2.05, 4.69) is 33.0 Å². The van der Waals surface area contributed by atoms with Crippen molar-refractivity contribution in [3.8, 4) is 0 Å². The number of hydrogen-bond donors (Lipinski definition) is 1. The molecular weight excluding hydrogens is 232 g/mol. The van der Waals surface area contributed by atoms with Crippen LogP contribution in [0.4, 0.5) is 0 Å². The molecule has 1 unspecified atom stereocenters. The normalized spacial score (nSPS) is 23.4. The van der Waals surface area contributed by atoms with Gasteiger partial charge in [0.25, 0.3) is 0 Å². The van der Waals surface area contributed by atoms with Crippen LogP contribution in [0.25, 0.3) is 0 Å². The van der Waals surface area contributed by atoms with E-state index >= 15 is 0 Å². The molecule has 1 aliphatic heterocycles. The molecule has 4 heteroatoms. The van der Waals surface area contributed by atoms with E-state index in [1.807, 2.05) is 11.8 Å². The first-order chi connectivity index (χ1) is 7.95. The van der Waals surface area contributed by atoms with Gasteiger partial charge in [0.05, 0.1) is 0 Å². The standard InChI is InChI=1S/C13H26N2OS/c1-10(2)13(3,4)9-14-12-15-11(8-17-12)6-7-16-5/h10-11H,6-9H2,1-5H3,(H,14,15). The summed E-state index contributed by atoms with van der Waals surface area (Å²) in [6.45, 7) is 10.8. The zero-order valence-corrected chi connectivity index (χ0v) is 12.6. The average Bonchev–Trinajstić information content (AvgIpc) is 2.71. The molecule has 0 saturated carbocycles. The van der Waals surface area contributed by atoms with Crippen LogP contribution >= 0.6 is 11.8 Å². The summed E-state index contributed by atoms with van der Waals surface area (Å²) in [6, 6.07) is 0.529. The molecule has 0 radical (unpaired) electrons. The number of aliphatic imine (C=N–C) groups is 1. The van der Waals surface area contributed by atoms with Crippen LogP contribution in [0.2, 0.25) is 0 Å². The van der Waals surface area contributed by atoms with Crippen molar-refractivity contribution >= 4 is 16.9 Å². The molecule has 0 aromatic carbocycles. The number of rotatable bonds is 6. The second-order valence-corrected chi connectivity index (χ2v) is 6.71. The first-order valence-electron chi connectivity index (χ1n) is 6.38. The molecular formula is C13H26N2OS. The van der Waals surface area contributed by atoms with Crippen LogP contribution in [0.5, 0.6) is 0 Å². The van der Waals surface area contributed by atoms with Gasteiger partial charge in [-0.2, -0.15) is 0 Å². The number of nitrogens with zero attached hydrogens (tertiary/aromatic N) is 1. The molecule has 1 saturated heterocycles. The monoisotopic (exact) mass is 258 g/mol. The Balaban J connectivity index is 2.38. The quantitative estimate of drug-likeness (QED) is 0.795. The van der Waals surface area contributed by atoms with Gasteiger partial charge in [0, 0.05) is 32.1 Å². The molecule has 1 atom stereocenters. The van der Waals surface area contributed by atoms with E-state index in [0.29, 0.717) is 12.0 Å². The third kappa shape index (κ3) is 4.88. The highest BCUT2D eigenvalue weighted by Crippen LogP contribution is 2.27. The number of thioether (sulfide) groups is 1. The molecule has 17 heavy (non-hydrogen) atoms. The molecule has 1 rings (SSSR count). The molecule has 0 amide bonds. The smallest absolute Gasteiger partial charge is 0.156 e. The van der Waals surface area contributed by atoms with Gasteiger partial charge >= 0.3 is 0 Å². The third-order valence-electron chi connectivity index (χ3n) is 3.61. The lowest BCUT2D eigenvalue weighted by molar-refractivity contribution is 0.188. The van der Waals surface area contributed by atoms with Crippen molar-refractivity contribution in [2.45, 2.75) is 40.2 Å². The molecule has 0 aromatic rings. The Bertz CT molecular complexity index is 264. The van der Waals surface area contributed by atoms with Gasteiger partial charge in [0.2, 0.25) is 0 Å². The van der Waals surface area contributed by atoms with Crippen LogP contribution < -0.4 is 5.32 Å². The van der Waals surface area contributed by atoms with Gasteiger partial charge < -0.3 is 10.1 Å². The summed E-state index contributed by atoms with van der Waals surface area (Å²) in [7, 11) is 1.75. The molecule has 0 aromatic heterocycles. The highest BCUT2D eigenvalue weighted by molar-refractivity contribution is 8.14. The average molecular weight is 258 g/mol. The summed E-state index contributed by atoms with van der Waals surface area (Å²) < 4.78 is 5.10. The van der Waals surface area contributed by atoms with Crippen LogP contribution in [0.15, 0.2) is 4.99 Å². The molecule has 0 spiro atoms.